The Morgan fingerprint density at radius 1 is 1.39 bits per heavy atom. The zero-order valence-electron chi connectivity index (χ0n) is 13.4. The van der Waals surface area contributed by atoms with Gasteiger partial charge in [0.1, 0.15) is 0 Å². The second-order valence-corrected chi connectivity index (χ2v) is 6.70. The van der Waals surface area contributed by atoms with Crippen molar-refractivity contribution in [1.29, 1.82) is 0 Å². The minimum absolute atomic E-state index is 0.108. The highest BCUT2D eigenvalue weighted by molar-refractivity contribution is 5.91. The first kappa shape index (κ1) is 14.4. The lowest BCUT2D eigenvalue weighted by molar-refractivity contribution is 0.0873. The molecule has 2 fully saturated rings. The Hall–Kier alpha value is -2.15. The van der Waals surface area contributed by atoms with Crippen LogP contribution in [0, 0.1) is 5.92 Å². The van der Waals surface area contributed by atoms with Crippen LogP contribution in [0.3, 0.4) is 0 Å². The van der Waals surface area contributed by atoms with Gasteiger partial charge in [0.05, 0.1) is 12.2 Å². The van der Waals surface area contributed by atoms with E-state index in [4.69, 9.17) is 0 Å². The van der Waals surface area contributed by atoms with Crippen molar-refractivity contribution in [2.24, 2.45) is 13.0 Å². The topological polar surface area (TPSA) is 68.0 Å². The SMILES string of the molecule is Cn1cccc1CN1CC(n2cc(C(=O)NCC3CC3)nn2)C1. The van der Waals surface area contributed by atoms with Gasteiger partial charge in [0.25, 0.3) is 5.91 Å². The summed E-state index contributed by atoms with van der Waals surface area (Å²) >= 11 is 0. The van der Waals surface area contributed by atoms with Crippen molar-refractivity contribution in [3.05, 3.63) is 35.9 Å². The molecule has 7 nitrogen and oxygen atoms in total. The number of amides is 1. The highest BCUT2D eigenvalue weighted by Crippen LogP contribution is 2.27. The molecule has 1 saturated carbocycles. The van der Waals surface area contributed by atoms with Gasteiger partial charge < -0.3 is 9.88 Å². The van der Waals surface area contributed by atoms with Crippen molar-refractivity contribution in [1.82, 2.24) is 29.8 Å². The molecule has 1 N–H and O–H groups in total. The van der Waals surface area contributed by atoms with Gasteiger partial charge >= 0.3 is 0 Å². The number of nitrogens with zero attached hydrogens (tertiary/aromatic N) is 5. The molecule has 3 heterocycles. The minimum Gasteiger partial charge on any atom is -0.353 e. The lowest BCUT2D eigenvalue weighted by Crippen LogP contribution is -2.47. The van der Waals surface area contributed by atoms with Gasteiger partial charge in [-0.25, -0.2) is 4.68 Å². The normalized spacial score (nSPS) is 18.8. The first-order valence-corrected chi connectivity index (χ1v) is 8.21. The van der Waals surface area contributed by atoms with E-state index in [1.54, 1.807) is 6.20 Å². The number of carbonyl (C=O) groups is 1. The van der Waals surface area contributed by atoms with E-state index in [0.29, 0.717) is 17.7 Å². The molecule has 1 saturated heterocycles. The Morgan fingerprint density at radius 3 is 2.91 bits per heavy atom. The third-order valence-corrected chi connectivity index (χ3v) is 4.74. The lowest BCUT2D eigenvalue weighted by Gasteiger charge is -2.38. The predicted molar refractivity (Wildman–Crippen MR) is 84.8 cm³/mol. The summed E-state index contributed by atoms with van der Waals surface area (Å²) in [5.41, 5.74) is 1.73. The quantitative estimate of drug-likeness (QED) is 0.857. The summed E-state index contributed by atoms with van der Waals surface area (Å²) < 4.78 is 3.97. The minimum atomic E-state index is -0.108. The molecule has 7 heteroatoms. The molecule has 1 aliphatic heterocycles. The van der Waals surface area contributed by atoms with E-state index in [0.717, 1.165) is 26.2 Å². The monoisotopic (exact) mass is 314 g/mol. The Morgan fingerprint density at radius 2 is 2.22 bits per heavy atom. The number of hydrogen-bond acceptors (Lipinski definition) is 4. The third-order valence-electron chi connectivity index (χ3n) is 4.74. The zero-order chi connectivity index (χ0) is 15.8. The first-order chi connectivity index (χ1) is 11.2. The molecule has 2 aromatic rings. The Labute approximate surface area is 135 Å². The molecule has 4 rings (SSSR count). The number of hydrogen-bond donors (Lipinski definition) is 1. The molecule has 0 radical (unpaired) electrons. The van der Waals surface area contributed by atoms with Gasteiger partial charge in [-0.2, -0.15) is 0 Å². The Balaban J connectivity index is 1.28. The molecule has 0 bridgehead atoms. The van der Waals surface area contributed by atoms with Crippen molar-refractivity contribution >= 4 is 5.91 Å². The van der Waals surface area contributed by atoms with Crippen LogP contribution in [0.4, 0.5) is 0 Å². The predicted octanol–water partition coefficient (Wildman–Crippen LogP) is 0.813. The van der Waals surface area contributed by atoms with E-state index >= 15 is 0 Å². The standard InChI is InChI=1S/C16H22N6O/c1-20-6-2-3-13(20)8-21-9-14(10-21)22-11-15(18-19-22)16(23)17-7-12-4-5-12/h2-3,6,11-12,14H,4-5,7-10H2,1H3,(H,17,23). The maximum absolute atomic E-state index is 12.0. The Bertz CT molecular complexity index is 695. The van der Waals surface area contributed by atoms with Crippen LogP contribution >= 0.6 is 0 Å². The van der Waals surface area contributed by atoms with Crippen LogP contribution in [-0.2, 0) is 13.6 Å². The number of carbonyl (C=O) groups excluding carboxylic acids is 1. The van der Waals surface area contributed by atoms with Crippen molar-refractivity contribution < 1.29 is 4.79 Å². The van der Waals surface area contributed by atoms with Crippen molar-refractivity contribution in [2.45, 2.75) is 25.4 Å². The second kappa shape index (κ2) is 5.81. The van der Waals surface area contributed by atoms with E-state index < -0.39 is 0 Å². The van der Waals surface area contributed by atoms with Crippen LogP contribution in [0.2, 0.25) is 0 Å². The first-order valence-electron chi connectivity index (χ1n) is 8.21. The van der Waals surface area contributed by atoms with Crippen molar-refractivity contribution in [3.63, 3.8) is 0 Å². The van der Waals surface area contributed by atoms with Gasteiger partial charge in [-0.3, -0.25) is 9.69 Å². The van der Waals surface area contributed by atoms with Gasteiger partial charge in [-0.05, 0) is 30.9 Å². The summed E-state index contributed by atoms with van der Waals surface area (Å²) in [4.78, 5) is 14.4. The maximum Gasteiger partial charge on any atom is 0.273 e. The molecule has 122 valence electrons. The molecule has 0 aromatic carbocycles. The van der Waals surface area contributed by atoms with Crippen LogP contribution in [0.15, 0.2) is 24.5 Å². The Kier molecular flexibility index (Phi) is 3.65. The van der Waals surface area contributed by atoms with Crippen LogP contribution < -0.4 is 5.32 Å². The second-order valence-electron chi connectivity index (χ2n) is 6.70. The molecule has 1 aliphatic carbocycles. The summed E-state index contributed by atoms with van der Waals surface area (Å²) in [5, 5.41) is 11.1. The molecule has 0 unspecified atom stereocenters. The maximum atomic E-state index is 12.0. The average molecular weight is 314 g/mol. The fraction of sp³-hybridized carbons (Fsp3) is 0.562. The van der Waals surface area contributed by atoms with Gasteiger partial charge in [-0.1, -0.05) is 5.21 Å². The fourth-order valence-corrected chi connectivity index (χ4v) is 2.94. The number of aromatic nitrogens is 4. The highest BCUT2D eigenvalue weighted by Gasteiger charge is 2.30. The summed E-state index contributed by atoms with van der Waals surface area (Å²) in [6.45, 7) is 3.60. The van der Waals surface area contributed by atoms with Crippen LogP contribution in [0.5, 0.6) is 0 Å². The van der Waals surface area contributed by atoms with Crippen LogP contribution in [-0.4, -0.2) is 50.0 Å². The molecule has 0 atom stereocenters. The number of rotatable bonds is 6. The largest absolute Gasteiger partial charge is 0.353 e. The third kappa shape index (κ3) is 3.14. The average Bonchev–Trinajstić information content (AvgIpc) is 3.05. The lowest BCUT2D eigenvalue weighted by atomic mass is 10.1. The summed E-state index contributed by atoms with van der Waals surface area (Å²) in [5.74, 6) is 0.565. The molecule has 23 heavy (non-hydrogen) atoms. The van der Waals surface area contributed by atoms with E-state index in [1.165, 1.54) is 18.5 Å². The van der Waals surface area contributed by atoms with Gasteiger partial charge in [-0.15, -0.1) is 5.10 Å². The molecular weight excluding hydrogens is 292 g/mol. The van der Waals surface area contributed by atoms with E-state index in [1.807, 2.05) is 4.68 Å². The number of nitrogens with one attached hydrogen (secondary N) is 1. The summed E-state index contributed by atoms with van der Waals surface area (Å²) in [6, 6.07) is 4.52. The van der Waals surface area contributed by atoms with Gasteiger partial charge in [0.2, 0.25) is 0 Å². The smallest absolute Gasteiger partial charge is 0.273 e. The molecular formula is C16H22N6O. The van der Waals surface area contributed by atoms with Gasteiger partial charge in [0.15, 0.2) is 5.69 Å². The number of aryl methyl sites for hydroxylation is 1. The summed E-state index contributed by atoms with van der Waals surface area (Å²) in [7, 11) is 2.07. The van der Waals surface area contributed by atoms with Gasteiger partial charge in [0, 0.05) is 45.1 Å². The van der Waals surface area contributed by atoms with E-state index in [2.05, 4.69) is 50.5 Å². The molecule has 1 amide bonds. The van der Waals surface area contributed by atoms with Crippen molar-refractivity contribution in [2.75, 3.05) is 19.6 Å². The zero-order valence-corrected chi connectivity index (χ0v) is 13.4. The van der Waals surface area contributed by atoms with Crippen LogP contribution in [0.1, 0.15) is 35.1 Å². The van der Waals surface area contributed by atoms with E-state index in [9.17, 15) is 4.79 Å². The summed E-state index contributed by atoms with van der Waals surface area (Å²) in [6.07, 6.45) is 6.29. The van der Waals surface area contributed by atoms with Crippen molar-refractivity contribution in [3.8, 4) is 0 Å². The molecule has 0 spiro atoms. The molecule has 2 aliphatic rings. The van der Waals surface area contributed by atoms with Crippen LogP contribution in [0.25, 0.3) is 0 Å². The molecule has 2 aromatic heterocycles. The highest BCUT2D eigenvalue weighted by atomic mass is 16.2. The van der Waals surface area contributed by atoms with E-state index in [-0.39, 0.29) is 5.91 Å². The number of likely N-dealkylation sites (tertiary alicyclic amines) is 1. The fourth-order valence-electron chi connectivity index (χ4n) is 2.94.